The Labute approximate surface area is 351 Å². The Bertz CT molecular complexity index is 1700. The van der Waals surface area contributed by atoms with Gasteiger partial charge in [-0.15, -0.1) is 0 Å². The standard InChI is InChI=1S/C54H68N2O2/c1-3-5-7-9-11-13-15-17-19-21-39-57-53-35-31-49(32-36-53)51(43-55)41-45-23-27-47(28-24-45)48-29-25-46(26-30-48)42-52(44-56)50-33-37-54(38-34-50)58-40-22-20-18-16-14-12-10-8-6-4-2/h23-38,41-42H,3-22,39-40H2,1-2H3/b51-41+,52-42+. The van der Waals surface area contributed by atoms with Crippen molar-refractivity contribution in [3.63, 3.8) is 0 Å². The van der Waals surface area contributed by atoms with Crippen LogP contribution in [-0.2, 0) is 0 Å². The fourth-order valence-electron chi connectivity index (χ4n) is 7.26. The smallest absolute Gasteiger partial charge is 0.119 e. The lowest BCUT2D eigenvalue weighted by molar-refractivity contribution is 0.304. The molecule has 0 saturated carbocycles. The van der Waals surface area contributed by atoms with Crippen molar-refractivity contribution in [2.24, 2.45) is 0 Å². The number of nitrogens with zero attached hydrogens (tertiary/aromatic N) is 2. The maximum absolute atomic E-state index is 9.96. The van der Waals surface area contributed by atoms with Gasteiger partial charge in [0, 0.05) is 0 Å². The number of hydrogen-bond donors (Lipinski definition) is 0. The van der Waals surface area contributed by atoms with Crippen LogP contribution in [0.1, 0.15) is 165 Å². The van der Waals surface area contributed by atoms with Gasteiger partial charge in [0.2, 0.25) is 0 Å². The van der Waals surface area contributed by atoms with Crippen LogP contribution in [0.5, 0.6) is 11.5 Å². The van der Waals surface area contributed by atoms with Crippen LogP contribution < -0.4 is 9.47 Å². The number of unbranched alkanes of at least 4 members (excludes halogenated alkanes) is 18. The maximum Gasteiger partial charge on any atom is 0.119 e. The molecule has 0 bridgehead atoms. The first kappa shape index (κ1) is 45.6. The Morgan fingerprint density at radius 1 is 0.397 bits per heavy atom. The highest BCUT2D eigenvalue weighted by Gasteiger charge is 2.06. The molecule has 0 aliphatic heterocycles. The Balaban J connectivity index is 1.19. The van der Waals surface area contributed by atoms with Crippen molar-refractivity contribution in [3.05, 3.63) is 119 Å². The lowest BCUT2D eigenvalue weighted by atomic mass is 9.99. The van der Waals surface area contributed by atoms with Crippen molar-refractivity contribution in [2.45, 2.75) is 142 Å². The Kier molecular flexibility index (Phi) is 22.3. The molecule has 0 spiro atoms. The largest absolute Gasteiger partial charge is 0.494 e. The van der Waals surface area contributed by atoms with E-state index in [2.05, 4.69) is 50.3 Å². The molecule has 4 aromatic rings. The molecule has 4 rings (SSSR count). The predicted molar refractivity (Wildman–Crippen MR) is 246 cm³/mol. The SMILES string of the molecule is CCCCCCCCCCCCOc1ccc(/C(C#N)=C/c2ccc(-c3ccc(/C=C(\C#N)c4ccc(OCCCCCCCCCCCC)cc4)cc3)cc2)cc1. The van der Waals surface area contributed by atoms with Crippen molar-refractivity contribution < 1.29 is 9.47 Å². The molecule has 0 aromatic heterocycles. The molecule has 4 heteroatoms. The van der Waals surface area contributed by atoms with Crippen molar-refractivity contribution in [1.29, 1.82) is 10.5 Å². The van der Waals surface area contributed by atoms with Gasteiger partial charge in [-0.1, -0.05) is 178 Å². The summed E-state index contributed by atoms with van der Waals surface area (Å²) in [6.45, 7) is 5.99. The Morgan fingerprint density at radius 3 is 0.983 bits per heavy atom. The first-order valence-electron chi connectivity index (χ1n) is 22.5. The van der Waals surface area contributed by atoms with E-state index in [1.165, 1.54) is 116 Å². The minimum atomic E-state index is 0.616. The number of benzene rings is 4. The minimum absolute atomic E-state index is 0.616. The molecular weight excluding hydrogens is 709 g/mol. The third-order valence-electron chi connectivity index (χ3n) is 10.9. The Morgan fingerprint density at radius 2 is 0.690 bits per heavy atom. The van der Waals surface area contributed by atoms with Crippen LogP contribution in [0.3, 0.4) is 0 Å². The predicted octanol–water partition coefficient (Wildman–Crippen LogP) is 16.1. The highest BCUT2D eigenvalue weighted by Crippen LogP contribution is 2.26. The molecule has 0 aliphatic rings. The van der Waals surface area contributed by atoms with E-state index < -0.39 is 0 Å². The maximum atomic E-state index is 9.96. The minimum Gasteiger partial charge on any atom is -0.494 e. The van der Waals surface area contributed by atoms with E-state index in [1.807, 2.05) is 84.9 Å². The summed E-state index contributed by atoms with van der Waals surface area (Å²) in [6.07, 6.45) is 30.0. The molecule has 306 valence electrons. The summed E-state index contributed by atoms with van der Waals surface area (Å²) in [5.41, 5.74) is 7.09. The molecule has 0 fully saturated rings. The molecule has 4 nitrogen and oxygen atoms in total. The lowest BCUT2D eigenvalue weighted by Crippen LogP contribution is -1.97. The molecule has 0 unspecified atom stereocenters. The normalized spacial score (nSPS) is 11.6. The van der Waals surface area contributed by atoms with Gasteiger partial charge in [-0.2, -0.15) is 10.5 Å². The van der Waals surface area contributed by atoms with Crippen LogP contribution >= 0.6 is 0 Å². The molecule has 0 radical (unpaired) electrons. The molecular formula is C54H68N2O2. The van der Waals surface area contributed by atoms with Crippen molar-refractivity contribution >= 4 is 23.3 Å². The fourth-order valence-corrected chi connectivity index (χ4v) is 7.26. The third kappa shape index (κ3) is 17.6. The molecule has 4 aromatic carbocycles. The summed E-state index contributed by atoms with van der Waals surface area (Å²) < 4.78 is 12.0. The van der Waals surface area contributed by atoms with E-state index in [1.54, 1.807) is 0 Å². The fraction of sp³-hybridized carbons (Fsp3) is 0.444. The van der Waals surface area contributed by atoms with Gasteiger partial charge < -0.3 is 9.47 Å². The van der Waals surface area contributed by atoms with Crippen LogP contribution in [0.4, 0.5) is 0 Å². The monoisotopic (exact) mass is 777 g/mol. The molecule has 0 aliphatic carbocycles. The molecule has 0 saturated heterocycles. The van der Waals surface area contributed by atoms with Crippen LogP contribution in [0.15, 0.2) is 97.1 Å². The molecule has 58 heavy (non-hydrogen) atoms. The Hall–Kier alpha value is -5.06. The van der Waals surface area contributed by atoms with Gasteiger partial charge in [0.1, 0.15) is 11.5 Å². The van der Waals surface area contributed by atoms with E-state index in [0.717, 1.165) is 70.9 Å². The summed E-state index contributed by atoms with van der Waals surface area (Å²) in [5, 5.41) is 19.9. The van der Waals surface area contributed by atoms with Gasteiger partial charge in [-0.3, -0.25) is 0 Å². The highest BCUT2D eigenvalue weighted by molar-refractivity contribution is 5.91. The number of nitriles is 2. The molecule has 0 N–H and O–H groups in total. The third-order valence-corrected chi connectivity index (χ3v) is 10.9. The highest BCUT2D eigenvalue weighted by atomic mass is 16.5. The summed E-state index contributed by atoms with van der Waals surface area (Å²) in [5.74, 6) is 1.70. The van der Waals surface area contributed by atoms with Crippen LogP contribution in [0.2, 0.25) is 0 Å². The summed E-state index contributed by atoms with van der Waals surface area (Å²) in [4.78, 5) is 0. The van der Waals surface area contributed by atoms with Gasteiger partial charge in [0.15, 0.2) is 0 Å². The van der Waals surface area contributed by atoms with Gasteiger partial charge in [0.25, 0.3) is 0 Å². The number of hydrogen-bond acceptors (Lipinski definition) is 4. The summed E-state index contributed by atoms with van der Waals surface area (Å²) >= 11 is 0. The van der Waals surface area contributed by atoms with Gasteiger partial charge >= 0.3 is 0 Å². The topological polar surface area (TPSA) is 66.0 Å². The van der Waals surface area contributed by atoms with Gasteiger partial charge in [-0.05, 0) is 107 Å². The van der Waals surface area contributed by atoms with Crippen molar-refractivity contribution in [1.82, 2.24) is 0 Å². The van der Waals surface area contributed by atoms with Gasteiger partial charge in [-0.25, -0.2) is 0 Å². The van der Waals surface area contributed by atoms with Crippen LogP contribution in [0.25, 0.3) is 34.4 Å². The first-order chi connectivity index (χ1) is 28.6. The van der Waals surface area contributed by atoms with Crippen LogP contribution in [0, 0.1) is 22.7 Å². The molecule has 0 amide bonds. The van der Waals surface area contributed by atoms with Crippen molar-refractivity contribution in [3.8, 4) is 34.8 Å². The van der Waals surface area contributed by atoms with Crippen LogP contribution in [-0.4, -0.2) is 13.2 Å². The van der Waals surface area contributed by atoms with E-state index in [-0.39, 0.29) is 0 Å². The number of allylic oxidation sites excluding steroid dienone is 2. The van der Waals surface area contributed by atoms with E-state index in [9.17, 15) is 10.5 Å². The average molecular weight is 777 g/mol. The molecule has 0 heterocycles. The van der Waals surface area contributed by atoms with E-state index in [0.29, 0.717) is 11.1 Å². The zero-order valence-corrected chi connectivity index (χ0v) is 35.7. The molecule has 0 atom stereocenters. The average Bonchev–Trinajstić information content (AvgIpc) is 3.26. The first-order valence-corrected chi connectivity index (χ1v) is 22.5. The second-order valence-corrected chi connectivity index (χ2v) is 15.7. The zero-order valence-electron chi connectivity index (χ0n) is 35.7. The van der Waals surface area contributed by atoms with Crippen molar-refractivity contribution in [2.75, 3.05) is 13.2 Å². The summed E-state index contributed by atoms with van der Waals surface area (Å²) in [6, 6.07) is 37.0. The van der Waals surface area contributed by atoms with E-state index >= 15 is 0 Å². The van der Waals surface area contributed by atoms with Gasteiger partial charge in [0.05, 0.1) is 36.5 Å². The van der Waals surface area contributed by atoms with E-state index in [4.69, 9.17) is 9.47 Å². The zero-order chi connectivity index (χ0) is 40.9. The number of rotatable bonds is 29. The summed E-state index contributed by atoms with van der Waals surface area (Å²) in [7, 11) is 0. The second-order valence-electron chi connectivity index (χ2n) is 15.7. The second kappa shape index (κ2) is 28.4. The quantitative estimate of drug-likeness (QED) is 0.0313. The lowest BCUT2D eigenvalue weighted by Gasteiger charge is -2.08. The number of ether oxygens (including phenoxy) is 2.